The molecular formula is C28H31N3O3. The Hall–Kier alpha value is -2.47. The van der Waals surface area contributed by atoms with Crippen LogP contribution in [-0.4, -0.2) is 50.2 Å². The maximum Gasteiger partial charge on any atom is 0.248 e. The lowest BCUT2D eigenvalue weighted by molar-refractivity contribution is -0.363. The van der Waals surface area contributed by atoms with Crippen LogP contribution in [0.4, 0.5) is 5.69 Å². The van der Waals surface area contributed by atoms with E-state index in [0.717, 1.165) is 34.4 Å². The maximum atomic E-state index is 14.0. The van der Waals surface area contributed by atoms with Crippen molar-refractivity contribution in [2.75, 3.05) is 6.54 Å². The molecule has 6 heteroatoms. The number of fused-ring (bicyclic) bond motifs is 3. The molecule has 176 valence electrons. The van der Waals surface area contributed by atoms with Gasteiger partial charge < -0.3 is 10.1 Å². The number of amides is 1. The smallest absolute Gasteiger partial charge is 0.248 e. The van der Waals surface area contributed by atoms with Crippen LogP contribution in [0.25, 0.3) is 5.57 Å². The molecule has 9 rings (SSSR count). The molecule has 1 aromatic carbocycles. The molecule has 1 aromatic rings. The quantitative estimate of drug-likeness (QED) is 0.517. The van der Waals surface area contributed by atoms with E-state index in [-0.39, 0.29) is 23.0 Å². The third-order valence-corrected chi connectivity index (χ3v) is 10.9. The summed E-state index contributed by atoms with van der Waals surface area (Å²) in [5.41, 5.74) is 1.80. The molecule has 0 radical (unpaired) electrons. The number of nitrogens with one attached hydrogen (secondary N) is 1. The van der Waals surface area contributed by atoms with Crippen molar-refractivity contribution >= 4 is 28.7 Å². The predicted octanol–water partition coefficient (Wildman–Crippen LogP) is 3.58. The molecule has 3 unspecified atom stereocenters. The van der Waals surface area contributed by atoms with E-state index in [0.29, 0.717) is 12.2 Å². The first kappa shape index (κ1) is 19.8. The van der Waals surface area contributed by atoms with Gasteiger partial charge in [-0.25, -0.2) is 0 Å². The number of benzene rings is 1. The average molecular weight is 458 g/mol. The molecule has 34 heavy (non-hydrogen) atoms. The molecule has 8 aliphatic rings. The number of carbonyl (C=O) groups excluding carboxylic acids is 2. The molecule has 5 heterocycles. The molecule has 1 amide bonds. The van der Waals surface area contributed by atoms with E-state index in [4.69, 9.17) is 0 Å². The van der Waals surface area contributed by atoms with Gasteiger partial charge in [0.1, 0.15) is 16.6 Å². The highest BCUT2D eigenvalue weighted by molar-refractivity contribution is 6.33. The number of carbonyl (C=O) groups is 2. The van der Waals surface area contributed by atoms with Crippen molar-refractivity contribution in [2.45, 2.75) is 87.7 Å². The summed E-state index contributed by atoms with van der Waals surface area (Å²) in [5, 5.41) is 17.3. The van der Waals surface area contributed by atoms with Gasteiger partial charge in [-0.3, -0.25) is 14.9 Å². The van der Waals surface area contributed by atoms with E-state index in [1.165, 1.54) is 37.7 Å². The van der Waals surface area contributed by atoms with Gasteiger partial charge in [-0.05, 0) is 62.7 Å². The highest BCUT2D eigenvalue weighted by Gasteiger charge is 2.99. The van der Waals surface area contributed by atoms with Crippen LogP contribution in [0.2, 0.25) is 0 Å². The minimum absolute atomic E-state index is 0.0312. The third-order valence-electron chi connectivity index (χ3n) is 10.9. The summed E-state index contributed by atoms with van der Waals surface area (Å²) in [6.45, 7) is 7.17. The normalized spacial score (nSPS) is 41.7. The molecule has 6 nitrogen and oxygen atoms in total. The van der Waals surface area contributed by atoms with Crippen LogP contribution in [0.1, 0.15) is 76.8 Å². The molecular weight excluding hydrogens is 426 g/mol. The van der Waals surface area contributed by atoms with E-state index in [9.17, 15) is 14.8 Å². The van der Waals surface area contributed by atoms with Crippen LogP contribution in [0.15, 0.2) is 24.3 Å². The second kappa shape index (κ2) is 5.35. The Kier molecular flexibility index (Phi) is 3.12. The van der Waals surface area contributed by atoms with Gasteiger partial charge in [0.15, 0.2) is 5.78 Å². The molecule has 4 atom stereocenters. The van der Waals surface area contributed by atoms with Crippen molar-refractivity contribution in [3.05, 3.63) is 40.6 Å². The van der Waals surface area contributed by atoms with Gasteiger partial charge >= 0.3 is 0 Å². The SMILES string of the molecule is CC1(c2ccc3c(c2)C2=C[C@@]45NC6(C(=O)C67CCCN7C4=O)C5C(C)(C)C2=[N+]3[O-])CCCCC1. The van der Waals surface area contributed by atoms with Crippen LogP contribution in [-0.2, 0) is 15.0 Å². The summed E-state index contributed by atoms with van der Waals surface area (Å²) < 4.78 is 1.10. The van der Waals surface area contributed by atoms with Crippen LogP contribution in [0, 0.1) is 16.5 Å². The van der Waals surface area contributed by atoms with Crippen molar-refractivity contribution in [1.82, 2.24) is 10.2 Å². The summed E-state index contributed by atoms with van der Waals surface area (Å²) in [7, 11) is 0. The largest absolute Gasteiger partial charge is 0.618 e. The van der Waals surface area contributed by atoms with Crippen molar-refractivity contribution < 1.29 is 14.3 Å². The lowest BCUT2D eigenvalue weighted by Gasteiger charge is -2.66. The minimum Gasteiger partial charge on any atom is -0.618 e. The predicted molar refractivity (Wildman–Crippen MR) is 128 cm³/mol. The number of piperazine rings is 1. The maximum absolute atomic E-state index is 14.0. The van der Waals surface area contributed by atoms with E-state index in [2.05, 4.69) is 38.2 Å². The van der Waals surface area contributed by atoms with Gasteiger partial charge in [0.2, 0.25) is 17.3 Å². The van der Waals surface area contributed by atoms with Gasteiger partial charge in [0.25, 0.3) is 0 Å². The highest BCUT2D eigenvalue weighted by Crippen LogP contribution is 2.75. The molecule has 2 bridgehead atoms. The van der Waals surface area contributed by atoms with Crippen LogP contribution in [0.5, 0.6) is 0 Å². The van der Waals surface area contributed by atoms with Crippen LogP contribution >= 0.6 is 0 Å². The molecule has 4 saturated heterocycles. The highest BCUT2D eigenvalue weighted by atomic mass is 16.5. The van der Waals surface area contributed by atoms with Crippen LogP contribution < -0.4 is 5.32 Å². The fraction of sp³-hybridized carbons (Fsp3) is 0.607. The number of ketones is 1. The molecule has 1 N–H and O–H groups in total. The molecule has 3 spiro atoms. The first-order valence-electron chi connectivity index (χ1n) is 13.0. The Bertz CT molecular complexity index is 1320. The second-order valence-corrected chi connectivity index (χ2v) is 12.8. The topological polar surface area (TPSA) is 75.5 Å². The number of nitrogens with zero attached hydrogens (tertiary/aromatic N) is 2. The summed E-state index contributed by atoms with van der Waals surface area (Å²) in [5.74, 6) is -0.0275. The lowest BCUT2D eigenvalue weighted by Crippen LogP contribution is -2.89. The van der Waals surface area contributed by atoms with Gasteiger partial charge in [0.05, 0.1) is 16.6 Å². The molecule has 0 aromatic heterocycles. The Labute approximate surface area is 199 Å². The standard InChI is InChI=1S/C28H31N3O3/c1-24(2)20-18(17-14-16(8-9-19(17)31(20)34)25(3)10-5-4-6-11-25)15-26-21(24)28(29-26)22(32)27(28)12-7-13-30(27)23(26)33/h8-9,14-15,21,29H,4-7,10-13H2,1-3H3/t21?,26-,27?,28?/m0/s1. The Morgan fingerprint density at radius 3 is 2.59 bits per heavy atom. The number of rotatable bonds is 1. The first-order valence-corrected chi connectivity index (χ1v) is 13.0. The second-order valence-electron chi connectivity index (χ2n) is 12.8. The summed E-state index contributed by atoms with van der Waals surface area (Å²) in [6, 6.07) is 6.35. The number of Topliss-reactive ketones (excluding diaryl/α,β-unsaturated/α-hetero) is 1. The van der Waals surface area contributed by atoms with E-state index < -0.39 is 22.0 Å². The fourth-order valence-electron chi connectivity index (χ4n) is 9.53. The van der Waals surface area contributed by atoms with Gasteiger partial charge in [-0.1, -0.05) is 32.3 Å². The Balaban J connectivity index is 1.33. The molecule has 6 fully saturated rings. The van der Waals surface area contributed by atoms with Gasteiger partial charge in [0, 0.05) is 18.5 Å². The van der Waals surface area contributed by atoms with Crippen molar-refractivity contribution in [3.8, 4) is 0 Å². The minimum atomic E-state index is -0.893. The van der Waals surface area contributed by atoms with Crippen molar-refractivity contribution in [2.24, 2.45) is 11.3 Å². The van der Waals surface area contributed by atoms with E-state index in [1.54, 1.807) is 0 Å². The number of allylic oxidation sites excluding steroid dienone is 1. The van der Waals surface area contributed by atoms with Crippen molar-refractivity contribution in [3.63, 3.8) is 0 Å². The average Bonchev–Trinajstić information content (AvgIpc) is 3.08. The zero-order valence-electron chi connectivity index (χ0n) is 20.2. The third kappa shape index (κ3) is 1.68. The van der Waals surface area contributed by atoms with Gasteiger partial charge in [-0.2, -0.15) is 4.74 Å². The molecule has 3 aliphatic carbocycles. The number of piperidine rings is 1. The Morgan fingerprint density at radius 2 is 1.82 bits per heavy atom. The number of hydrogen-bond acceptors (Lipinski definition) is 4. The lowest BCUT2D eigenvalue weighted by atomic mass is 9.48. The summed E-state index contributed by atoms with van der Waals surface area (Å²) >= 11 is 0. The van der Waals surface area contributed by atoms with Crippen LogP contribution in [0.3, 0.4) is 0 Å². The van der Waals surface area contributed by atoms with Crippen molar-refractivity contribution in [1.29, 1.82) is 0 Å². The van der Waals surface area contributed by atoms with E-state index >= 15 is 0 Å². The zero-order valence-corrected chi connectivity index (χ0v) is 20.2. The summed E-state index contributed by atoms with van der Waals surface area (Å²) in [4.78, 5) is 29.3. The zero-order chi connectivity index (χ0) is 23.5. The Morgan fingerprint density at radius 1 is 1.06 bits per heavy atom. The monoisotopic (exact) mass is 457 g/mol. The van der Waals surface area contributed by atoms with Gasteiger partial charge in [-0.15, -0.1) is 0 Å². The fourth-order valence-corrected chi connectivity index (χ4v) is 9.53. The van der Waals surface area contributed by atoms with E-state index in [1.807, 2.05) is 17.0 Å². The first-order chi connectivity index (χ1) is 16.2. The molecule has 5 aliphatic heterocycles. The number of hydrogen-bond donors (Lipinski definition) is 1. The summed E-state index contributed by atoms with van der Waals surface area (Å²) in [6.07, 6.45) is 9.75. The molecule has 2 saturated carbocycles.